The number of hydrogen-bond donors (Lipinski definition) is 1. The molecule has 4 nitrogen and oxygen atoms in total. The van der Waals surface area contributed by atoms with Crippen LogP contribution in [0.25, 0.3) is 0 Å². The smallest absolute Gasteiger partial charge is 0.232 e. The number of anilines is 1. The number of para-hydroxylation sites is 1. The fourth-order valence-electron chi connectivity index (χ4n) is 1.43. The molecule has 0 saturated heterocycles. The van der Waals surface area contributed by atoms with Crippen LogP contribution < -0.4 is 10.0 Å². The van der Waals surface area contributed by atoms with Crippen LogP contribution in [-0.2, 0) is 10.0 Å². The lowest BCUT2D eigenvalue weighted by Crippen LogP contribution is -2.34. The molecule has 1 aromatic rings. The SMILES string of the molecule is Cc1ccccc1N(CCN)S(C)(=O)=O. The summed E-state index contributed by atoms with van der Waals surface area (Å²) in [6.45, 7) is 2.50. The lowest BCUT2D eigenvalue weighted by atomic mass is 10.2. The molecule has 84 valence electrons. The summed E-state index contributed by atoms with van der Waals surface area (Å²) in [5.41, 5.74) is 7.03. The Hall–Kier alpha value is -1.07. The van der Waals surface area contributed by atoms with Gasteiger partial charge in [0.05, 0.1) is 11.9 Å². The van der Waals surface area contributed by atoms with Gasteiger partial charge in [-0.05, 0) is 18.6 Å². The highest BCUT2D eigenvalue weighted by molar-refractivity contribution is 7.92. The van der Waals surface area contributed by atoms with Gasteiger partial charge in [-0.1, -0.05) is 18.2 Å². The first-order valence-electron chi connectivity index (χ1n) is 4.70. The fraction of sp³-hybridized carbons (Fsp3) is 0.400. The number of benzene rings is 1. The molecule has 0 aliphatic carbocycles. The number of hydrogen-bond acceptors (Lipinski definition) is 3. The second kappa shape index (κ2) is 4.63. The molecular weight excluding hydrogens is 212 g/mol. The zero-order valence-electron chi connectivity index (χ0n) is 8.97. The molecule has 0 spiro atoms. The summed E-state index contributed by atoms with van der Waals surface area (Å²) in [5.74, 6) is 0. The Morgan fingerprint density at radius 3 is 2.40 bits per heavy atom. The van der Waals surface area contributed by atoms with E-state index in [0.717, 1.165) is 5.56 Å². The maximum absolute atomic E-state index is 11.5. The molecule has 0 radical (unpaired) electrons. The lowest BCUT2D eigenvalue weighted by molar-refractivity contribution is 0.596. The monoisotopic (exact) mass is 228 g/mol. The van der Waals surface area contributed by atoms with E-state index in [2.05, 4.69) is 0 Å². The highest BCUT2D eigenvalue weighted by Crippen LogP contribution is 2.21. The van der Waals surface area contributed by atoms with E-state index in [0.29, 0.717) is 18.8 Å². The number of nitrogens with zero attached hydrogens (tertiary/aromatic N) is 1. The third-order valence-corrected chi connectivity index (χ3v) is 3.30. The van der Waals surface area contributed by atoms with Crippen LogP contribution in [0.2, 0.25) is 0 Å². The number of nitrogens with two attached hydrogens (primary N) is 1. The van der Waals surface area contributed by atoms with Gasteiger partial charge in [0.2, 0.25) is 10.0 Å². The highest BCUT2D eigenvalue weighted by atomic mass is 32.2. The van der Waals surface area contributed by atoms with E-state index in [4.69, 9.17) is 5.73 Å². The van der Waals surface area contributed by atoms with Gasteiger partial charge in [-0.3, -0.25) is 4.31 Å². The zero-order valence-corrected chi connectivity index (χ0v) is 9.79. The van der Waals surface area contributed by atoms with Crippen LogP contribution in [0.5, 0.6) is 0 Å². The molecule has 0 atom stereocenters. The predicted molar refractivity (Wildman–Crippen MR) is 62.4 cm³/mol. The fourth-order valence-corrected chi connectivity index (χ4v) is 2.42. The average molecular weight is 228 g/mol. The Labute approximate surface area is 90.8 Å². The molecule has 0 unspecified atom stereocenters. The van der Waals surface area contributed by atoms with Gasteiger partial charge in [0, 0.05) is 13.1 Å². The Morgan fingerprint density at radius 2 is 1.93 bits per heavy atom. The summed E-state index contributed by atoms with van der Waals surface area (Å²) in [6, 6.07) is 7.36. The van der Waals surface area contributed by atoms with E-state index >= 15 is 0 Å². The summed E-state index contributed by atoms with van der Waals surface area (Å²) in [7, 11) is -3.25. The van der Waals surface area contributed by atoms with Crippen LogP contribution in [-0.4, -0.2) is 27.8 Å². The largest absolute Gasteiger partial charge is 0.329 e. The minimum Gasteiger partial charge on any atom is -0.329 e. The minimum absolute atomic E-state index is 0.307. The second-order valence-electron chi connectivity index (χ2n) is 3.41. The van der Waals surface area contributed by atoms with Gasteiger partial charge in [0.25, 0.3) is 0 Å². The second-order valence-corrected chi connectivity index (χ2v) is 5.32. The van der Waals surface area contributed by atoms with Gasteiger partial charge in [0.1, 0.15) is 0 Å². The van der Waals surface area contributed by atoms with Crippen molar-refractivity contribution in [3.63, 3.8) is 0 Å². The van der Waals surface area contributed by atoms with Gasteiger partial charge >= 0.3 is 0 Å². The van der Waals surface area contributed by atoms with Crippen LogP contribution in [0, 0.1) is 6.92 Å². The molecule has 2 N–H and O–H groups in total. The summed E-state index contributed by atoms with van der Waals surface area (Å²) >= 11 is 0. The van der Waals surface area contributed by atoms with Crippen molar-refractivity contribution < 1.29 is 8.42 Å². The van der Waals surface area contributed by atoms with Crippen molar-refractivity contribution in [2.24, 2.45) is 5.73 Å². The molecule has 1 aromatic carbocycles. The predicted octanol–water partition coefficient (Wildman–Crippen LogP) is 0.720. The lowest BCUT2D eigenvalue weighted by Gasteiger charge is -2.23. The topological polar surface area (TPSA) is 63.4 Å². The van der Waals surface area contributed by atoms with Crippen LogP contribution in [0.4, 0.5) is 5.69 Å². The third-order valence-electron chi connectivity index (χ3n) is 2.12. The van der Waals surface area contributed by atoms with Crippen molar-refractivity contribution >= 4 is 15.7 Å². The molecule has 0 heterocycles. The molecular formula is C10H16N2O2S. The van der Waals surface area contributed by atoms with Crippen molar-refractivity contribution in [3.05, 3.63) is 29.8 Å². The van der Waals surface area contributed by atoms with E-state index in [9.17, 15) is 8.42 Å². The first kappa shape index (κ1) is 12.0. The summed E-state index contributed by atoms with van der Waals surface area (Å²) in [4.78, 5) is 0. The van der Waals surface area contributed by atoms with E-state index in [1.165, 1.54) is 10.6 Å². The van der Waals surface area contributed by atoms with Crippen LogP contribution in [0.3, 0.4) is 0 Å². The molecule has 5 heteroatoms. The molecule has 0 aliphatic heterocycles. The molecule has 0 saturated carbocycles. The summed E-state index contributed by atoms with van der Waals surface area (Å²) in [6.07, 6.45) is 1.19. The normalized spacial score (nSPS) is 11.4. The summed E-state index contributed by atoms with van der Waals surface area (Å²) in [5, 5.41) is 0. The van der Waals surface area contributed by atoms with E-state index < -0.39 is 10.0 Å². The minimum atomic E-state index is -3.25. The molecule has 0 amide bonds. The third kappa shape index (κ3) is 2.94. The molecule has 1 rings (SSSR count). The van der Waals surface area contributed by atoms with Crippen molar-refractivity contribution in [2.75, 3.05) is 23.7 Å². The van der Waals surface area contributed by atoms with Crippen LogP contribution >= 0.6 is 0 Å². The van der Waals surface area contributed by atoms with Crippen molar-refractivity contribution in [3.8, 4) is 0 Å². The maximum Gasteiger partial charge on any atom is 0.232 e. The van der Waals surface area contributed by atoms with Gasteiger partial charge in [-0.25, -0.2) is 8.42 Å². The quantitative estimate of drug-likeness (QED) is 0.826. The molecule has 0 fully saturated rings. The Kier molecular flexibility index (Phi) is 3.71. The van der Waals surface area contributed by atoms with Crippen LogP contribution in [0.1, 0.15) is 5.56 Å². The molecule has 15 heavy (non-hydrogen) atoms. The zero-order chi connectivity index (χ0) is 11.5. The van der Waals surface area contributed by atoms with Crippen molar-refractivity contribution in [2.45, 2.75) is 6.92 Å². The van der Waals surface area contributed by atoms with Crippen molar-refractivity contribution in [1.29, 1.82) is 0 Å². The molecule has 0 aliphatic rings. The Balaban J connectivity index is 3.16. The van der Waals surface area contributed by atoms with E-state index in [1.54, 1.807) is 6.07 Å². The van der Waals surface area contributed by atoms with Gasteiger partial charge in [-0.15, -0.1) is 0 Å². The van der Waals surface area contributed by atoms with Gasteiger partial charge in [-0.2, -0.15) is 0 Å². The average Bonchev–Trinajstić information content (AvgIpc) is 2.14. The first-order valence-corrected chi connectivity index (χ1v) is 6.55. The maximum atomic E-state index is 11.5. The highest BCUT2D eigenvalue weighted by Gasteiger charge is 2.17. The standard InChI is InChI=1S/C10H16N2O2S/c1-9-5-3-4-6-10(9)12(8-7-11)15(2,13)14/h3-6H,7-8,11H2,1-2H3. The van der Waals surface area contributed by atoms with Gasteiger partial charge in [0.15, 0.2) is 0 Å². The molecule has 0 bridgehead atoms. The van der Waals surface area contributed by atoms with E-state index in [-0.39, 0.29) is 0 Å². The van der Waals surface area contributed by atoms with Gasteiger partial charge < -0.3 is 5.73 Å². The van der Waals surface area contributed by atoms with Crippen LogP contribution in [0.15, 0.2) is 24.3 Å². The number of aryl methyl sites for hydroxylation is 1. The van der Waals surface area contributed by atoms with Crippen molar-refractivity contribution in [1.82, 2.24) is 0 Å². The Bertz CT molecular complexity index is 429. The summed E-state index contributed by atoms with van der Waals surface area (Å²) < 4.78 is 24.4. The number of rotatable bonds is 4. The number of sulfonamides is 1. The molecule has 0 aromatic heterocycles. The Morgan fingerprint density at radius 1 is 1.33 bits per heavy atom. The first-order chi connectivity index (χ1) is 6.96. The van der Waals surface area contributed by atoms with E-state index in [1.807, 2.05) is 25.1 Å².